The van der Waals surface area contributed by atoms with Gasteiger partial charge in [0.25, 0.3) is 15.9 Å². The molecule has 0 aliphatic rings. The number of nitrogens with one attached hydrogen (secondary N) is 1. The van der Waals surface area contributed by atoms with Crippen LogP contribution in [0.25, 0.3) is 0 Å². The first-order valence-corrected chi connectivity index (χ1v) is 8.80. The van der Waals surface area contributed by atoms with Gasteiger partial charge in [-0.2, -0.15) is 0 Å². The lowest BCUT2D eigenvalue weighted by molar-refractivity contribution is 0.0957. The maximum absolute atomic E-state index is 13.0. The number of carbonyl (C=O) groups is 1. The standard InChI is InChI=1S/C14H15FN2O3S2/c1-3-16-14(18)13-12(8-9-21-13)22(19,20)17(2)11-6-4-10(15)5-7-11/h4-9H,3H2,1-2H3,(H,16,18). The highest BCUT2D eigenvalue weighted by atomic mass is 32.2. The molecule has 0 aliphatic heterocycles. The Bertz CT molecular complexity index is 770. The number of amides is 1. The predicted octanol–water partition coefficient (Wildman–Crippen LogP) is 2.46. The molecule has 0 radical (unpaired) electrons. The van der Waals surface area contributed by atoms with Crippen molar-refractivity contribution >= 4 is 33.0 Å². The zero-order chi connectivity index (χ0) is 16.3. The van der Waals surface area contributed by atoms with Crippen molar-refractivity contribution in [2.45, 2.75) is 11.8 Å². The molecule has 0 saturated heterocycles. The van der Waals surface area contributed by atoms with Crippen LogP contribution in [0.2, 0.25) is 0 Å². The maximum Gasteiger partial charge on any atom is 0.265 e. The molecule has 0 aliphatic carbocycles. The minimum atomic E-state index is -3.90. The van der Waals surface area contributed by atoms with E-state index in [-0.39, 0.29) is 9.77 Å². The van der Waals surface area contributed by atoms with Gasteiger partial charge in [0.2, 0.25) is 0 Å². The fraction of sp³-hybridized carbons (Fsp3) is 0.214. The number of sulfonamides is 1. The minimum absolute atomic E-state index is 0.0599. The Hall–Kier alpha value is -1.93. The summed E-state index contributed by atoms with van der Waals surface area (Å²) in [5.74, 6) is -0.878. The molecule has 0 spiro atoms. The Morgan fingerprint density at radius 2 is 1.91 bits per heavy atom. The van der Waals surface area contributed by atoms with E-state index >= 15 is 0 Å². The summed E-state index contributed by atoms with van der Waals surface area (Å²) in [7, 11) is -2.53. The second-order valence-corrected chi connectivity index (χ2v) is 7.28. The average Bonchev–Trinajstić information content (AvgIpc) is 2.98. The van der Waals surface area contributed by atoms with Crippen LogP contribution in [0.4, 0.5) is 10.1 Å². The van der Waals surface area contributed by atoms with Crippen molar-refractivity contribution in [2.75, 3.05) is 17.9 Å². The van der Waals surface area contributed by atoms with E-state index in [1.54, 1.807) is 12.3 Å². The number of anilines is 1. The molecule has 1 amide bonds. The molecular weight excluding hydrogens is 327 g/mol. The minimum Gasteiger partial charge on any atom is -0.352 e. The van der Waals surface area contributed by atoms with Crippen molar-refractivity contribution < 1.29 is 17.6 Å². The smallest absolute Gasteiger partial charge is 0.265 e. The van der Waals surface area contributed by atoms with E-state index in [1.807, 2.05) is 0 Å². The van der Waals surface area contributed by atoms with Crippen LogP contribution in [0.3, 0.4) is 0 Å². The van der Waals surface area contributed by atoms with Gasteiger partial charge in [-0.1, -0.05) is 0 Å². The molecule has 2 rings (SSSR count). The third-order valence-corrected chi connectivity index (χ3v) is 5.87. The normalized spacial score (nSPS) is 11.2. The predicted molar refractivity (Wildman–Crippen MR) is 84.3 cm³/mol. The fourth-order valence-electron chi connectivity index (χ4n) is 1.84. The van der Waals surface area contributed by atoms with E-state index in [0.717, 1.165) is 15.6 Å². The first kappa shape index (κ1) is 16.4. The van der Waals surface area contributed by atoms with Crippen LogP contribution in [0.1, 0.15) is 16.6 Å². The number of hydrogen-bond donors (Lipinski definition) is 1. The molecular formula is C14H15FN2O3S2. The summed E-state index contributed by atoms with van der Waals surface area (Å²) in [6.45, 7) is 2.16. The highest BCUT2D eigenvalue weighted by Crippen LogP contribution is 2.27. The van der Waals surface area contributed by atoms with Gasteiger partial charge >= 0.3 is 0 Å². The van der Waals surface area contributed by atoms with E-state index in [0.29, 0.717) is 12.2 Å². The van der Waals surface area contributed by atoms with Crippen LogP contribution < -0.4 is 9.62 Å². The van der Waals surface area contributed by atoms with Gasteiger partial charge in [-0.05, 0) is 42.6 Å². The Morgan fingerprint density at radius 1 is 1.27 bits per heavy atom. The molecule has 0 atom stereocenters. The third-order valence-electron chi connectivity index (χ3n) is 3.00. The van der Waals surface area contributed by atoms with E-state index in [4.69, 9.17) is 0 Å². The van der Waals surface area contributed by atoms with Gasteiger partial charge in [0.15, 0.2) is 0 Å². The largest absolute Gasteiger partial charge is 0.352 e. The number of rotatable bonds is 5. The number of hydrogen-bond acceptors (Lipinski definition) is 4. The van der Waals surface area contributed by atoms with Gasteiger partial charge in [-0.25, -0.2) is 12.8 Å². The number of nitrogens with zero attached hydrogens (tertiary/aromatic N) is 1. The van der Waals surface area contributed by atoms with Gasteiger partial charge in [-0.15, -0.1) is 11.3 Å². The number of carbonyl (C=O) groups excluding carboxylic acids is 1. The van der Waals surface area contributed by atoms with Crippen LogP contribution in [0, 0.1) is 5.82 Å². The Balaban J connectivity index is 2.41. The summed E-state index contributed by atoms with van der Waals surface area (Å²) in [5.41, 5.74) is 0.314. The van der Waals surface area contributed by atoms with Crippen molar-refractivity contribution in [1.29, 1.82) is 0 Å². The number of halogens is 1. The molecule has 1 heterocycles. The van der Waals surface area contributed by atoms with Crippen molar-refractivity contribution in [1.82, 2.24) is 5.32 Å². The SMILES string of the molecule is CCNC(=O)c1sccc1S(=O)(=O)N(C)c1ccc(F)cc1. The van der Waals surface area contributed by atoms with Gasteiger partial charge in [-0.3, -0.25) is 9.10 Å². The molecule has 0 bridgehead atoms. The zero-order valence-corrected chi connectivity index (χ0v) is 13.7. The first-order valence-electron chi connectivity index (χ1n) is 6.48. The fourth-order valence-corrected chi connectivity index (χ4v) is 4.36. The summed E-state index contributed by atoms with van der Waals surface area (Å²) in [6.07, 6.45) is 0. The maximum atomic E-state index is 13.0. The molecule has 5 nitrogen and oxygen atoms in total. The van der Waals surface area contributed by atoms with Crippen LogP contribution in [-0.4, -0.2) is 27.9 Å². The molecule has 2 aromatic rings. The van der Waals surface area contributed by atoms with Crippen molar-refractivity contribution in [3.63, 3.8) is 0 Å². The second-order valence-electron chi connectivity index (χ2n) is 4.42. The molecule has 22 heavy (non-hydrogen) atoms. The highest BCUT2D eigenvalue weighted by molar-refractivity contribution is 7.93. The van der Waals surface area contributed by atoms with Gasteiger partial charge in [0.1, 0.15) is 15.6 Å². The van der Waals surface area contributed by atoms with Crippen LogP contribution >= 0.6 is 11.3 Å². The van der Waals surface area contributed by atoms with E-state index in [9.17, 15) is 17.6 Å². The van der Waals surface area contributed by atoms with Gasteiger partial charge in [0, 0.05) is 13.6 Å². The van der Waals surface area contributed by atoms with Crippen molar-refractivity contribution in [3.05, 3.63) is 46.4 Å². The molecule has 0 fully saturated rings. The lowest BCUT2D eigenvalue weighted by atomic mass is 10.3. The third kappa shape index (κ3) is 3.12. The van der Waals surface area contributed by atoms with Crippen molar-refractivity contribution in [3.8, 4) is 0 Å². The first-order chi connectivity index (χ1) is 10.4. The topological polar surface area (TPSA) is 66.5 Å². The summed E-state index contributed by atoms with van der Waals surface area (Å²) in [4.78, 5) is 12.0. The molecule has 1 aromatic heterocycles. The van der Waals surface area contributed by atoms with Gasteiger partial charge < -0.3 is 5.32 Å². The van der Waals surface area contributed by atoms with Crippen LogP contribution in [0.5, 0.6) is 0 Å². The summed E-state index contributed by atoms with van der Waals surface area (Å²) in [5, 5.41) is 4.14. The Morgan fingerprint density at radius 3 is 2.50 bits per heavy atom. The van der Waals surface area contributed by atoms with Crippen molar-refractivity contribution in [2.24, 2.45) is 0 Å². The molecule has 1 N–H and O–H groups in total. The quantitative estimate of drug-likeness (QED) is 0.908. The monoisotopic (exact) mass is 342 g/mol. The van der Waals surface area contributed by atoms with Crippen LogP contribution in [0.15, 0.2) is 40.6 Å². The number of benzene rings is 1. The second kappa shape index (κ2) is 6.45. The summed E-state index contributed by atoms with van der Waals surface area (Å²) < 4.78 is 39.3. The van der Waals surface area contributed by atoms with E-state index < -0.39 is 21.7 Å². The average molecular weight is 342 g/mol. The lowest BCUT2D eigenvalue weighted by Crippen LogP contribution is -2.29. The number of thiophene rings is 1. The lowest BCUT2D eigenvalue weighted by Gasteiger charge is -2.19. The molecule has 118 valence electrons. The highest BCUT2D eigenvalue weighted by Gasteiger charge is 2.28. The Labute approximate surface area is 132 Å². The van der Waals surface area contributed by atoms with E-state index in [2.05, 4.69) is 5.32 Å². The summed E-state index contributed by atoms with van der Waals surface area (Å²) in [6, 6.07) is 6.49. The van der Waals surface area contributed by atoms with Crippen LogP contribution in [-0.2, 0) is 10.0 Å². The summed E-state index contributed by atoms with van der Waals surface area (Å²) >= 11 is 1.06. The molecule has 0 saturated carbocycles. The Kier molecular flexibility index (Phi) is 4.82. The van der Waals surface area contributed by atoms with Gasteiger partial charge in [0.05, 0.1) is 5.69 Å². The molecule has 1 aromatic carbocycles. The molecule has 0 unspecified atom stereocenters. The van der Waals surface area contributed by atoms with E-state index in [1.165, 1.54) is 37.4 Å². The molecule has 8 heteroatoms. The zero-order valence-electron chi connectivity index (χ0n) is 12.0.